The van der Waals surface area contributed by atoms with Crippen LogP contribution in [0.25, 0.3) is 0 Å². The number of allylic oxidation sites excluding steroid dienone is 2. The van der Waals surface area contributed by atoms with Gasteiger partial charge in [-0.2, -0.15) is 5.10 Å². The largest absolute Gasteiger partial charge is 0.463 e. The molecule has 114 valence electrons. The molecule has 0 amide bonds. The Kier molecular flexibility index (Phi) is 5.17. The lowest BCUT2D eigenvalue weighted by molar-refractivity contribution is 0.265. The molecule has 1 aromatic heterocycles. The zero-order valence-electron chi connectivity index (χ0n) is 12.8. The lowest BCUT2D eigenvalue weighted by Crippen LogP contribution is -2.52. The minimum absolute atomic E-state index is 0.0541. The molecule has 4 nitrogen and oxygen atoms in total. The van der Waals surface area contributed by atoms with Crippen LogP contribution in [0.15, 0.2) is 39.6 Å². The SMILES string of the molecule is CC1=CC[C@H](C(C)(C)NC(=S)N/N=C/c2ccco2)CC1. The highest BCUT2D eigenvalue weighted by atomic mass is 32.1. The van der Waals surface area contributed by atoms with Gasteiger partial charge in [-0.1, -0.05) is 11.6 Å². The maximum atomic E-state index is 5.31. The summed E-state index contributed by atoms with van der Waals surface area (Å²) >= 11 is 5.31. The second-order valence-corrected chi connectivity index (χ2v) is 6.49. The third-order valence-corrected chi connectivity index (χ3v) is 4.19. The predicted octanol–water partition coefficient (Wildman–Crippen LogP) is 3.60. The van der Waals surface area contributed by atoms with Crippen LogP contribution >= 0.6 is 12.2 Å². The van der Waals surface area contributed by atoms with Crippen molar-refractivity contribution in [3.05, 3.63) is 35.8 Å². The van der Waals surface area contributed by atoms with Gasteiger partial charge >= 0.3 is 0 Å². The molecule has 0 spiro atoms. The van der Waals surface area contributed by atoms with Crippen LogP contribution in [0.2, 0.25) is 0 Å². The number of hydrogen-bond donors (Lipinski definition) is 2. The highest BCUT2D eigenvalue weighted by Crippen LogP contribution is 2.31. The Balaban J connectivity index is 1.83. The molecule has 1 aromatic rings. The van der Waals surface area contributed by atoms with Gasteiger partial charge in [-0.15, -0.1) is 0 Å². The molecule has 1 aliphatic carbocycles. The van der Waals surface area contributed by atoms with Crippen molar-refractivity contribution < 1.29 is 4.42 Å². The molecule has 2 rings (SSSR count). The van der Waals surface area contributed by atoms with Gasteiger partial charge in [0, 0.05) is 5.54 Å². The van der Waals surface area contributed by atoms with Gasteiger partial charge in [-0.25, -0.2) is 0 Å². The average molecular weight is 305 g/mol. The van der Waals surface area contributed by atoms with Crippen molar-refractivity contribution in [1.29, 1.82) is 0 Å². The third kappa shape index (κ3) is 4.70. The molecule has 0 radical (unpaired) electrons. The summed E-state index contributed by atoms with van der Waals surface area (Å²) in [5.74, 6) is 1.27. The van der Waals surface area contributed by atoms with E-state index in [1.807, 2.05) is 12.1 Å². The molecule has 0 aliphatic heterocycles. The molecule has 5 heteroatoms. The van der Waals surface area contributed by atoms with Gasteiger partial charge in [-0.05, 0) is 70.3 Å². The minimum atomic E-state index is -0.0541. The van der Waals surface area contributed by atoms with E-state index in [-0.39, 0.29) is 5.54 Å². The second-order valence-electron chi connectivity index (χ2n) is 6.08. The minimum Gasteiger partial charge on any atom is -0.463 e. The van der Waals surface area contributed by atoms with E-state index in [2.05, 4.69) is 42.7 Å². The van der Waals surface area contributed by atoms with Crippen molar-refractivity contribution in [3.8, 4) is 0 Å². The number of thiocarbonyl (C=S) groups is 1. The number of hydrogen-bond acceptors (Lipinski definition) is 3. The van der Waals surface area contributed by atoms with Crippen LogP contribution in [0.3, 0.4) is 0 Å². The van der Waals surface area contributed by atoms with Crippen LogP contribution in [0.4, 0.5) is 0 Å². The summed E-state index contributed by atoms with van der Waals surface area (Å²) in [6.45, 7) is 6.58. The van der Waals surface area contributed by atoms with E-state index in [1.165, 1.54) is 18.4 Å². The number of hydrazone groups is 1. The lowest BCUT2D eigenvalue weighted by atomic mass is 9.77. The van der Waals surface area contributed by atoms with E-state index in [0.717, 1.165) is 6.42 Å². The Hall–Kier alpha value is -1.62. The first-order valence-corrected chi connectivity index (χ1v) is 7.68. The summed E-state index contributed by atoms with van der Waals surface area (Å²) in [5.41, 5.74) is 4.28. The quantitative estimate of drug-likeness (QED) is 0.386. The maximum absolute atomic E-state index is 5.31. The highest BCUT2D eigenvalue weighted by Gasteiger charge is 2.30. The number of nitrogens with zero attached hydrogens (tertiary/aromatic N) is 1. The Morgan fingerprint density at radius 3 is 2.95 bits per heavy atom. The van der Waals surface area contributed by atoms with Crippen molar-refractivity contribution in [3.63, 3.8) is 0 Å². The first kappa shape index (κ1) is 15.8. The van der Waals surface area contributed by atoms with E-state index in [4.69, 9.17) is 16.6 Å². The smallest absolute Gasteiger partial charge is 0.187 e. The fourth-order valence-corrected chi connectivity index (χ4v) is 2.88. The van der Waals surface area contributed by atoms with E-state index in [9.17, 15) is 0 Å². The lowest BCUT2D eigenvalue weighted by Gasteiger charge is -2.37. The molecular weight excluding hydrogens is 282 g/mol. The van der Waals surface area contributed by atoms with E-state index in [0.29, 0.717) is 16.8 Å². The zero-order chi connectivity index (χ0) is 15.3. The van der Waals surface area contributed by atoms with Crippen molar-refractivity contribution in [2.24, 2.45) is 11.0 Å². The van der Waals surface area contributed by atoms with Gasteiger partial charge in [0.05, 0.1) is 12.5 Å². The van der Waals surface area contributed by atoms with Gasteiger partial charge < -0.3 is 9.73 Å². The molecule has 0 aromatic carbocycles. The number of rotatable bonds is 4. The first-order valence-electron chi connectivity index (χ1n) is 7.28. The molecular formula is C16H23N3OS. The summed E-state index contributed by atoms with van der Waals surface area (Å²) in [5, 5.41) is 7.97. The summed E-state index contributed by atoms with van der Waals surface area (Å²) in [6, 6.07) is 3.65. The van der Waals surface area contributed by atoms with E-state index < -0.39 is 0 Å². The normalized spacial score (nSPS) is 19.4. The van der Waals surface area contributed by atoms with Crippen LogP contribution in [0, 0.1) is 5.92 Å². The van der Waals surface area contributed by atoms with E-state index in [1.54, 1.807) is 12.5 Å². The van der Waals surface area contributed by atoms with Crippen LogP contribution in [-0.2, 0) is 0 Å². The molecule has 0 unspecified atom stereocenters. The zero-order valence-corrected chi connectivity index (χ0v) is 13.7. The van der Waals surface area contributed by atoms with Crippen molar-refractivity contribution in [2.75, 3.05) is 0 Å². The van der Waals surface area contributed by atoms with Crippen LogP contribution < -0.4 is 10.7 Å². The molecule has 0 saturated carbocycles. The number of furan rings is 1. The summed E-state index contributed by atoms with van der Waals surface area (Å²) in [4.78, 5) is 0. The van der Waals surface area contributed by atoms with Crippen molar-refractivity contribution in [1.82, 2.24) is 10.7 Å². The molecule has 1 aliphatic rings. The van der Waals surface area contributed by atoms with Crippen molar-refractivity contribution >= 4 is 23.5 Å². The molecule has 2 N–H and O–H groups in total. The fourth-order valence-electron chi connectivity index (χ4n) is 2.56. The summed E-state index contributed by atoms with van der Waals surface area (Å²) in [6.07, 6.45) is 9.02. The third-order valence-electron chi connectivity index (χ3n) is 4.00. The number of nitrogens with one attached hydrogen (secondary N) is 2. The van der Waals surface area contributed by atoms with E-state index >= 15 is 0 Å². The van der Waals surface area contributed by atoms with Crippen LogP contribution in [0.5, 0.6) is 0 Å². The maximum Gasteiger partial charge on any atom is 0.187 e. The second kappa shape index (κ2) is 6.89. The van der Waals surface area contributed by atoms with Gasteiger partial charge in [0.1, 0.15) is 5.76 Å². The Bertz CT molecular complexity index is 532. The van der Waals surface area contributed by atoms with Crippen LogP contribution in [0.1, 0.15) is 45.8 Å². The van der Waals surface area contributed by atoms with Gasteiger partial charge in [0.2, 0.25) is 0 Å². The Morgan fingerprint density at radius 2 is 2.33 bits per heavy atom. The Labute approximate surface area is 131 Å². The van der Waals surface area contributed by atoms with Crippen molar-refractivity contribution in [2.45, 2.75) is 45.6 Å². The van der Waals surface area contributed by atoms with Crippen LogP contribution in [-0.4, -0.2) is 16.9 Å². The summed E-state index contributed by atoms with van der Waals surface area (Å²) in [7, 11) is 0. The van der Waals surface area contributed by atoms with Gasteiger partial charge in [0.15, 0.2) is 5.11 Å². The molecule has 0 saturated heterocycles. The summed E-state index contributed by atoms with van der Waals surface area (Å²) < 4.78 is 5.16. The first-order chi connectivity index (χ1) is 9.97. The topological polar surface area (TPSA) is 49.6 Å². The fraction of sp³-hybridized carbons (Fsp3) is 0.500. The monoisotopic (exact) mass is 305 g/mol. The molecule has 21 heavy (non-hydrogen) atoms. The molecule has 0 bridgehead atoms. The average Bonchev–Trinajstić information content (AvgIpc) is 2.92. The highest BCUT2D eigenvalue weighted by molar-refractivity contribution is 7.80. The Morgan fingerprint density at radius 1 is 1.52 bits per heavy atom. The molecule has 0 fully saturated rings. The standard InChI is InChI=1S/C16H23N3OS/c1-12-6-8-13(9-7-12)16(2,3)18-15(21)19-17-11-14-5-4-10-20-14/h4-6,10-11,13H,7-9H2,1-3H3,(H2,18,19,21)/b17-11+/t13-/m0/s1. The predicted molar refractivity (Wildman–Crippen MR) is 90.3 cm³/mol. The van der Waals surface area contributed by atoms with Gasteiger partial charge in [-0.3, -0.25) is 5.43 Å². The molecule has 1 atom stereocenters. The van der Waals surface area contributed by atoms with Gasteiger partial charge in [0.25, 0.3) is 0 Å². The molecule has 1 heterocycles.